The van der Waals surface area contributed by atoms with Crippen LogP contribution in [-0.2, 0) is 16.0 Å². The summed E-state index contributed by atoms with van der Waals surface area (Å²) >= 11 is 0. The van der Waals surface area contributed by atoms with Crippen LogP contribution in [0.5, 0.6) is 0 Å². The predicted molar refractivity (Wildman–Crippen MR) is 94.5 cm³/mol. The van der Waals surface area contributed by atoms with Gasteiger partial charge >= 0.3 is 0 Å². The summed E-state index contributed by atoms with van der Waals surface area (Å²) in [5.74, 6) is 0.684. The molecule has 0 saturated carbocycles. The SMILES string of the molecule is O=C(CC(=O)N1CCC(Cc2ccccc2)CC1)N1CCCCC1. The van der Waals surface area contributed by atoms with Gasteiger partial charge in [0.05, 0.1) is 0 Å². The second-order valence-corrected chi connectivity index (χ2v) is 7.13. The van der Waals surface area contributed by atoms with E-state index in [9.17, 15) is 9.59 Å². The second kappa shape index (κ2) is 8.32. The molecule has 2 aliphatic heterocycles. The lowest BCUT2D eigenvalue weighted by Crippen LogP contribution is -2.43. The standard InChI is InChI=1S/C20H28N2O2/c23-19(21-11-5-2-6-12-21)16-20(24)22-13-9-18(10-14-22)15-17-7-3-1-4-8-17/h1,3-4,7-8,18H,2,5-6,9-16H2. The van der Waals surface area contributed by atoms with E-state index in [0.29, 0.717) is 5.92 Å². The first-order valence-corrected chi connectivity index (χ1v) is 9.32. The number of carbonyl (C=O) groups excluding carboxylic acids is 2. The predicted octanol–water partition coefficient (Wildman–Crippen LogP) is 2.87. The summed E-state index contributed by atoms with van der Waals surface area (Å²) < 4.78 is 0. The molecule has 24 heavy (non-hydrogen) atoms. The summed E-state index contributed by atoms with van der Waals surface area (Å²) in [4.78, 5) is 28.4. The molecule has 0 atom stereocenters. The number of carbonyl (C=O) groups is 2. The minimum atomic E-state index is 0.0173. The fourth-order valence-electron chi connectivity index (χ4n) is 3.83. The minimum Gasteiger partial charge on any atom is -0.342 e. The topological polar surface area (TPSA) is 40.6 Å². The number of piperidine rings is 2. The van der Waals surface area contributed by atoms with Crippen molar-refractivity contribution in [3.8, 4) is 0 Å². The molecular formula is C20H28N2O2. The van der Waals surface area contributed by atoms with Gasteiger partial charge in [-0.1, -0.05) is 30.3 Å². The van der Waals surface area contributed by atoms with Gasteiger partial charge in [-0.2, -0.15) is 0 Å². The highest BCUT2D eigenvalue weighted by atomic mass is 16.2. The highest BCUT2D eigenvalue weighted by Gasteiger charge is 2.26. The van der Waals surface area contributed by atoms with Crippen LogP contribution in [0.2, 0.25) is 0 Å². The van der Waals surface area contributed by atoms with Gasteiger partial charge in [0, 0.05) is 26.2 Å². The van der Waals surface area contributed by atoms with Crippen LogP contribution in [0, 0.1) is 5.92 Å². The molecule has 0 aliphatic carbocycles. The van der Waals surface area contributed by atoms with Crippen LogP contribution in [-0.4, -0.2) is 47.8 Å². The molecule has 4 heteroatoms. The maximum Gasteiger partial charge on any atom is 0.232 e. The van der Waals surface area contributed by atoms with Gasteiger partial charge in [0.25, 0.3) is 0 Å². The summed E-state index contributed by atoms with van der Waals surface area (Å²) in [6, 6.07) is 10.6. The van der Waals surface area contributed by atoms with Crippen LogP contribution in [0.15, 0.2) is 30.3 Å². The Kier molecular flexibility index (Phi) is 5.89. The fraction of sp³-hybridized carbons (Fsp3) is 0.600. The van der Waals surface area contributed by atoms with Crippen molar-refractivity contribution >= 4 is 11.8 Å². The van der Waals surface area contributed by atoms with Crippen molar-refractivity contribution in [1.82, 2.24) is 9.80 Å². The average molecular weight is 328 g/mol. The molecule has 0 unspecified atom stereocenters. The van der Waals surface area contributed by atoms with Crippen LogP contribution < -0.4 is 0 Å². The average Bonchev–Trinajstić information content (AvgIpc) is 2.64. The minimum absolute atomic E-state index is 0.0173. The molecule has 0 aromatic heterocycles. The zero-order valence-electron chi connectivity index (χ0n) is 14.5. The number of rotatable bonds is 4. The van der Waals surface area contributed by atoms with Crippen molar-refractivity contribution in [1.29, 1.82) is 0 Å². The molecule has 1 aromatic carbocycles. The smallest absolute Gasteiger partial charge is 0.232 e. The molecule has 0 radical (unpaired) electrons. The van der Waals surface area contributed by atoms with Gasteiger partial charge in [0.1, 0.15) is 6.42 Å². The van der Waals surface area contributed by atoms with E-state index in [4.69, 9.17) is 0 Å². The molecular weight excluding hydrogens is 300 g/mol. The number of hydrogen-bond acceptors (Lipinski definition) is 2. The maximum atomic E-state index is 12.4. The maximum absolute atomic E-state index is 12.4. The zero-order valence-corrected chi connectivity index (χ0v) is 14.5. The summed E-state index contributed by atoms with van der Waals surface area (Å²) in [5.41, 5.74) is 1.38. The van der Waals surface area contributed by atoms with Gasteiger partial charge in [0.15, 0.2) is 0 Å². The lowest BCUT2D eigenvalue weighted by Gasteiger charge is -2.33. The van der Waals surface area contributed by atoms with E-state index >= 15 is 0 Å². The summed E-state index contributed by atoms with van der Waals surface area (Å²) in [7, 11) is 0. The van der Waals surface area contributed by atoms with Crippen LogP contribution in [0.3, 0.4) is 0 Å². The van der Waals surface area contributed by atoms with Gasteiger partial charge in [-0.15, -0.1) is 0 Å². The molecule has 3 rings (SSSR count). The summed E-state index contributed by atoms with van der Waals surface area (Å²) in [6.45, 7) is 3.24. The van der Waals surface area contributed by atoms with Crippen molar-refractivity contribution in [3.63, 3.8) is 0 Å². The largest absolute Gasteiger partial charge is 0.342 e. The number of benzene rings is 1. The first-order chi connectivity index (χ1) is 11.7. The summed E-state index contributed by atoms with van der Waals surface area (Å²) in [5, 5.41) is 0. The van der Waals surface area contributed by atoms with E-state index < -0.39 is 0 Å². The second-order valence-electron chi connectivity index (χ2n) is 7.13. The number of hydrogen-bond donors (Lipinski definition) is 0. The van der Waals surface area contributed by atoms with E-state index in [1.54, 1.807) is 0 Å². The van der Waals surface area contributed by atoms with Gasteiger partial charge in [0.2, 0.25) is 11.8 Å². The summed E-state index contributed by atoms with van der Waals surface area (Å²) in [6.07, 6.45) is 6.58. The molecule has 2 saturated heterocycles. The monoisotopic (exact) mass is 328 g/mol. The van der Waals surface area contributed by atoms with Crippen LogP contribution >= 0.6 is 0 Å². The van der Waals surface area contributed by atoms with Gasteiger partial charge < -0.3 is 9.80 Å². The Morgan fingerprint density at radius 3 is 2.04 bits per heavy atom. The molecule has 2 amide bonds. The van der Waals surface area contributed by atoms with Crippen molar-refractivity contribution in [3.05, 3.63) is 35.9 Å². The highest BCUT2D eigenvalue weighted by Crippen LogP contribution is 2.22. The first kappa shape index (κ1) is 17.0. The van der Waals surface area contributed by atoms with Gasteiger partial charge in [-0.05, 0) is 50.0 Å². The van der Waals surface area contributed by atoms with Crippen molar-refractivity contribution in [2.24, 2.45) is 5.92 Å². The molecule has 0 N–H and O–H groups in total. The Morgan fingerprint density at radius 2 is 1.42 bits per heavy atom. The van der Waals surface area contributed by atoms with E-state index in [2.05, 4.69) is 24.3 Å². The molecule has 130 valence electrons. The van der Waals surface area contributed by atoms with Gasteiger partial charge in [-0.25, -0.2) is 0 Å². The third-order valence-electron chi connectivity index (χ3n) is 5.35. The number of nitrogens with zero attached hydrogens (tertiary/aromatic N) is 2. The lowest BCUT2D eigenvalue weighted by molar-refractivity contribution is -0.141. The van der Waals surface area contributed by atoms with Crippen LogP contribution in [0.4, 0.5) is 0 Å². The Bertz CT molecular complexity index is 544. The van der Waals surface area contributed by atoms with E-state index in [-0.39, 0.29) is 18.2 Å². The van der Waals surface area contributed by atoms with Crippen LogP contribution in [0.25, 0.3) is 0 Å². The molecule has 1 aromatic rings. The normalized spacial score (nSPS) is 19.3. The molecule has 0 spiro atoms. The third kappa shape index (κ3) is 4.59. The molecule has 2 heterocycles. The van der Waals surface area contributed by atoms with Crippen molar-refractivity contribution in [2.45, 2.75) is 44.9 Å². The molecule has 0 bridgehead atoms. The molecule has 4 nitrogen and oxygen atoms in total. The Balaban J connectivity index is 1.42. The van der Waals surface area contributed by atoms with E-state index in [1.807, 2.05) is 15.9 Å². The zero-order chi connectivity index (χ0) is 16.8. The number of likely N-dealkylation sites (tertiary alicyclic amines) is 2. The fourth-order valence-corrected chi connectivity index (χ4v) is 3.83. The molecule has 2 fully saturated rings. The quantitative estimate of drug-likeness (QED) is 0.798. The third-order valence-corrected chi connectivity index (χ3v) is 5.35. The van der Waals surface area contributed by atoms with Crippen molar-refractivity contribution < 1.29 is 9.59 Å². The van der Waals surface area contributed by atoms with E-state index in [0.717, 1.165) is 58.3 Å². The number of amides is 2. The van der Waals surface area contributed by atoms with Gasteiger partial charge in [-0.3, -0.25) is 9.59 Å². The Labute approximate surface area is 144 Å². The molecule has 2 aliphatic rings. The van der Waals surface area contributed by atoms with E-state index in [1.165, 1.54) is 12.0 Å². The van der Waals surface area contributed by atoms with Crippen LogP contribution in [0.1, 0.15) is 44.1 Å². The Morgan fingerprint density at radius 1 is 0.833 bits per heavy atom. The van der Waals surface area contributed by atoms with Crippen molar-refractivity contribution in [2.75, 3.05) is 26.2 Å². The Hall–Kier alpha value is -1.84. The first-order valence-electron chi connectivity index (χ1n) is 9.32. The lowest BCUT2D eigenvalue weighted by atomic mass is 9.90. The highest BCUT2D eigenvalue weighted by molar-refractivity contribution is 5.97.